The SMILES string of the molecule is CCNC(=NCCC1=CCCC1)N1CCN(Cc2cc(OC)c(OC)c(OC)c2)CC1. The molecule has 1 aromatic rings. The molecule has 172 valence electrons. The number of methoxy groups -OCH3 is 3. The summed E-state index contributed by atoms with van der Waals surface area (Å²) in [6.45, 7) is 8.69. The molecule has 7 nitrogen and oxygen atoms in total. The lowest BCUT2D eigenvalue weighted by Crippen LogP contribution is -2.52. The van der Waals surface area contributed by atoms with Crippen LogP contribution in [0.15, 0.2) is 28.8 Å². The third-order valence-electron chi connectivity index (χ3n) is 5.97. The van der Waals surface area contributed by atoms with Crippen molar-refractivity contribution in [1.82, 2.24) is 15.1 Å². The molecule has 7 heteroatoms. The Balaban J connectivity index is 1.56. The number of aliphatic imine (C=N–C) groups is 1. The van der Waals surface area contributed by atoms with Gasteiger partial charge >= 0.3 is 0 Å². The molecule has 1 aliphatic heterocycles. The van der Waals surface area contributed by atoms with Gasteiger partial charge in [0.2, 0.25) is 5.75 Å². The van der Waals surface area contributed by atoms with E-state index in [1.165, 1.54) is 19.3 Å². The normalized spacial score (nSPS) is 17.5. The van der Waals surface area contributed by atoms with Crippen molar-refractivity contribution in [2.45, 2.75) is 39.2 Å². The minimum atomic E-state index is 0.637. The summed E-state index contributed by atoms with van der Waals surface area (Å²) in [4.78, 5) is 9.75. The van der Waals surface area contributed by atoms with Crippen LogP contribution in [0.25, 0.3) is 0 Å². The van der Waals surface area contributed by atoms with E-state index in [1.54, 1.807) is 26.9 Å². The highest BCUT2D eigenvalue weighted by Crippen LogP contribution is 2.38. The van der Waals surface area contributed by atoms with Crippen LogP contribution in [0, 0.1) is 0 Å². The third kappa shape index (κ3) is 6.29. The molecule has 0 aromatic heterocycles. The van der Waals surface area contributed by atoms with Gasteiger partial charge in [-0.2, -0.15) is 0 Å². The number of ether oxygens (including phenoxy) is 3. The molecule has 3 rings (SSSR count). The highest BCUT2D eigenvalue weighted by Gasteiger charge is 2.21. The number of benzene rings is 1. The van der Waals surface area contributed by atoms with Gasteiger partial charge in [-0.1, -0.05) is 11.6 Å². The summed E-state index contributed by atoms with van der Waals surface area (Å²) in [5.74, 6) is 3.09. The molecular formula is C24H38N4O3. The van der Waals surface area contributed by atoms with Gasteiger partial charge in [-0.15, -0.1) is 0 Å². The van der Waals surface area contributed by atoms with Gasteiger partial charge in [-0.25, -0.2) is 0 Å². The molecule has 31 heavy (non-hydrogen) atoms. The van der Waals surface area contributed by atoms with Crippen molar-refractivity contribution in [3.05, 3.63) is 29.3 Å². The highest BCUT2D eigenvalue weighted by molar-refractivity contribution is 5.80. The van der Waals surface area contributed by atoms with E-state index in [2.05, 4.69) is 28.1 Å². The Hall–Kier alpha value is -2.41. The predicted octanol–water partition coefficient (Wildman–Crippen LogP) is 3.30. The number of rotatable bonds is 9. The largest absolute Gasteiger partial charge is 0.493 e. The number of hydrogen-bond donors (Lipinski definition) is 1. The van der Waals surface area contributed by atoms with Crippen molar-refractivity contribution in [3.8, 4) is 17.2 Å². The molecule has 1 saturated heterocycles. The highest BCUT2D eigenvalue weighted by atomic mass is 16.5. The Morgan fingerprint density at radius 2 is 1.74 bits per heavy atom. The fourth-order valence-corrected chi connectivity index (χ4v) is 4.30. The molecule has 0 amide bonds. The average Bonchev–Trinajstić information content (AvgIpc) is 3.32. The summed E-state index contributed by atoms with van der Waals surface area (Å²) in [5.41, 5.74) is 2.74. The summed E-state index contributed by atoms with van der Waals surface area (Å²) in [6, 6.07) is 4.08. The van der Waals surface area contributed by atoms with Gasteiger partial charge in [-0.3, -0.25) is 9.89 Å². The first-order chi connectivity index (χ1) is 15.2. The number of guanidine groups is 1. The molecule has 1 fully saturated rings. The second-order valence-electron chi connectivity index (χ2n) is 8.04. The summed E-state index contributed by atoms with van der Waals surface area (Å²) < 4.78 is 16.4. The molecule has 1 aromatic carbocycles. The first kappa shape index (κ1) is 23.3. The van der Waals surface area contributed by atoms with Crippen LogP contribution in [0.1, 0.15) is 38.2 Å². The van der Waals surface area contributed by atoms with Crippen LogP contribution in [0.4, 0.5) is 0 Å². The first-order valence-electron chi connectivity index (χ1n) is 11.4. The van der Waals surface area contributed by atoms with Crippen LogP contribution < -0.4 is 19.5 Å². The second-order valence-corrected chi connectivity index (χ2v) is 8.04. The van der Waals surface area contributed by atoms with E-state index < -0.39 is 0 Å². The fourth-order valence-electron chi connectivity index (χ4n) is 4.30. The van der Waals surface area contributed by atoms with E-state index in [-0.39, 0.29) is 0 Å². The minimum absolute atomic E-state index is 0.637. The summed E-state index contributed by atoms with van der Waals surface area (Å²) in [5, 5.41) is 3.48. The molecule has 0 unspecified atom stereocenters. The summed E-state index contributed by atoms with van der Waals surface area (Å²) in [6.07, 6.45) is 7.30. The van der Waals surface area contributed by atoms with Crippen molar-refractivity contribution >= 4 is 5.96 Å². The Bertz CT molecular complexity index is 745. The van der Waals surface area contributed by atoms with E-state index in [1.807, 2.05) is 12.1 Å². The van der Waals surface area contributed by atoms with E-state index >= 15 is 0 Å². The van der Waals surface area contributed by atoms with Crippen LogP contribution in [0.3, 0.4) is 0 Å². The molecule has 1 aliphatic carbocycles. The molecule has 0 spiro atoms. The maximum absolute atomic E-state index is 5.50. The maximum Gasteiger partial charge on any atom is 0.203 e. The fraction of sp³-hybridized carbons (Fsp3) is 0.625. The number of hydrogen-bond acceptors (Lipinski definition) is 5. The molecule has 0 bridgehead atoms. The molecule has 2 aliphatic rings. The number of nitrogens with zero attached hydrogens (tertiary/aromatic N) is 3. The Morgan fingerprint density at radius 1 is 1.03 bits per heavy atom. The molecule has 0 atom stereocenters. The van der Waals surface area contributed by atoms with Crippen molar-refractivity contribution in [3.63, 3.8) is 0 Å². The Morgan fingerprint density at radius 3 is 2.29 bits per heavy atom. The summed E-state index contributed by atoms with van der Waals surface area (Å²) >= 11 is 0. The van der Waals surface area contributed by atoms with E-state index in [0.29, 0.717) is 17.2 Å². The molecular weight excluding hydrogens is 392 g/mol. The van der Waals surface area contributed by atoms with Crippen LogP contribution in [-0.2, 0) is 6.54 Å². The van der Waals surface area contributed by atoms with Gasteiger partial charge in [0.15, 0.2) is 17.5 Å². The zero-order valence-corrected chi connectivity index (χ0v) is 19.6. The van der Waals surface area contributed by atoms with E-state index in [0.717, 1.165) is 63.8 Å². The minimum Gasteiger partial charge on any atom is -0.493 e. The number of piperazine rings is 1. The van der Waals surface area contributed by atoms with Crippen LogP contribution in [0.5, 0.6) is 17.2 Å². The Kier molecular flexibility index (Phi) is 8.88. The van der Waals surface area contributed by atoms with E-state index in [4.69, 9.17) is 19.2 Å². The average molecular weight is 431 g/mol. The van der Waals surface area contributed by atoms with Gasteiger partial charge < -0.3 is 24.4 Å². The van der Waals surface area contributed by atoms with E-state index in [9.17, 15) is 0 Å². The van der Waals surface area contributed by atoms with Crippen molar-refractivity contribution in [1.29, 1.82) is 0 Å². The topological polar surface area (TPSA) is 58.6 Å². The number of allylic oxidation sites excluding steroid dienone is 1. The zero-order valence-electron chi connectivity index (χ0n) is 19.6. The number of nitrogens with one attached hydrogen (secondary N) is 1. The lowest BCUT2D eigenvalue weighted by molar-refractivity contribution is 0.172. The van der Waals surface area contributed by atoms with Gasteiger partial charge in [0, 0.05) is 45.8 Å². The van der Waals surface area contributed by atoms with Gasteiger partial charge in [-0.05, 0) is 50.3 Å². The zero-order chi connectivity index (χ0) is 22.1. The summed E-state index contributed by atoms with van der Waals surface area (Å²) in [7, 11) is 4.95. The molecule has 0 radical (unpaired) electrons. The molecule has 0 saturated carbocycles. The van der Waals surface area contributed by atoms with Gasteiger partial charge in [0.1, 0.15) is 0 Å². The first-order valence-corrected chi connectivity index (χ1v) is 11.4. The lowest BCUT2D eigenvalue weighted by atomic mass is 10.1. The monoisotopic (exact) mass is 430 g/mol. The standard InChI is InChI=1S/C24H38N4O3/c1-5-25-24(26-11-10-19-8-6-7-9-19)28-14-12-27(13-15-28)18-20-16-21(29-2)23(31-4)22(17-20)30-3/h8,16-17H,5-7,9-15,18H2,1-4H3,(H,25,26). The van der Waals surface area contributed by atoms with Crippen LogP contribution in [0.2, 0.25) is 0 Å². The quantitative estimate of drug-likeness (QED) is 0.369. The molecule has 1 N–H and O–H groups in total. The van der Waals surface area contributed by atoms with Crippen LogP contribution >= 0.6 is 0 Å². The van der Waals surface area contributed by atoms with Crippen molar-refractivity contribution in [2.75, 3.05) is 60.6 Å². The van der Waals surface area contributed by atoms with Gasteiger partial charge in [0.05, 0.1) is 21.3 Å². The Labute approximate surface area is 187 Å². The smallest absolute Gasteiger partial charge is 0.203 e. The van der Waals surface area contributed by atoms with Gasteiger partial charge in [0.25, 0.3) is 0 Å². The second kappa shape index (κ2) is 11.8. The third-order valence-corrected chi connectivity index (χ3v) is 5.97. The van der Waals surface area contributed by atoms with Crippen molar-refractivity contribution < 1.29 is 14.2 Å². The van der Waals surface area contributed by atoms with Crippen LogP contribution in [-0.4, -0.2) is 76.4 Å². The predicted molar refractivity (Wildman–Crippen MR) is 125 cm³/mol. The van der Waals surface area contributed by atoms with Crippen molar-refractivity contribution in [2.24, 2.45) is 4.99 Å². The lowest BCUT2D eigenvalue weighted by Gasteiger charge is -2.36. The molecule has 1 heterocycles. The maximum atomic E-state index is 5.50.